The number of allylic oxidation sites excluding steroid dienone is 1. The van der Waals surface area contributed by atoms with Crippen molar-refractivity contribution in [2.24, 2.45) is 7.05 Å². The summed E-state index contributed by atoms with van der Waals surface area (Å²) in [4.78, 5) is 55.4. The number of carboxylic acid groups (broad SMARTS) is 1. The van der Waals surface area contributed by atoms with E-state index in [1.54, 1.807) is 36.7 Å². The van der Waals surface area contributed by atoms with Crippen molar-refractivity contribution in [3.8, 4) is 0 Å². The summed E-state index contributed by atoms with van der Waals surface area (Å²) >= 11 is 7.14. The number of nitrogens with one attached hydrogen (secondary N) is 1. The van der Waals surface area contributed by atoms with Crippen LogP contribution in [0.25, 0.3) is 0 Å². The van der Waals surface area contributed by atoms with Crippen LogP contribution in [-0.2, 0) is 39.8 Å². The first kappa shape index (κ1) is 69.4. The number of carbonyl (C=O) groups excluding carboxylic acids is 3. The number of carbonyl (C=O) groups is 4. The van der Waals surface area contributed by atoms with Gasteiger partial charge in [-0.25, -0.2) is 19.0 Å². The summed E-state index contributed by atoms with van der Waals surface area (Å²) in [6.45, 7) is 7.98. The average molecular weight is 1260 g/mol. The molecule has 24 heteroatoms. The standard InChI is InChI=1S/C10H16N2O.C10H14NO2.C9H11NO2.C6H5NO2.C2H5IO.CH3I.HI.2Na.O4S2/c1-3-6-11-10(13)9-5-4-7-12(2)8-9;1-3-7-13-10(12)9-5-4-6-11(2)8-9;1-2-6-12-9(11)8-4-3-5-10-7-8;8-6(9)5-2-1-3-7-4-5;3-1-2-4;1-2;;;;1-5(2)6(3)4/h4,7-8H,3,5-6H2,1-2H3,(H,11,13);4-6,8H,3,7H2,1-2H3;3-5,7H,2,6H2,1H3;1-4H,(H,8,9);4H,1-2H2;1H3;1H;;;/q;+1;;;;;;;;/p-1. The second-order valence-electron chi connectivity index (χ2n) is 10.8. The molecule has 338 valence electrons. The first-order chi connectivity index (χ1) is 29.2. The summed E-state index contributed by atoms with van der Waals surface area (Å²) in [7, 11) is -2.11. The zero-order chi connectivity index (χ0) is 47.4. The van der Waals surface area contributed by atoms with Gasteiger partial charge in [0.1, 0.15) is 12.6 Å². The van der Waals surface area contributed by atoms with Crippen molar-refractivity contribution in [2.45, 2.75) is 46.5 Å². The minimum atomic E-state index is -2.95. The number of halogens is 3. The Morgan fingerprint density at radius 2 is 1.32 bits per heavy atom. The third kappa shape index (κ3) is 42.4. The van der Waals surface area contributed by atoms with Crippen molar-refractivity contribution in [1.82, 2.24) is 20.2 Å². The summed E-state index contributed by atoms with van der Waals surface area (Å²) in [5, 5.41) is 19.1. The van der Waals surface area contributed by atoms with Crippen LogP contribution in [-0.4, -0.2) is 152 Å². The van der Waals surface area contributed by atoms with Gasteiger partial charge in [0.25, 0.3) is 0 Å². The van der Waals surface area contributed by atoms with Crippen LogP contribution in [0.5, 0.6) is 0 Å². The maximum absolute atomic E-state index is 11.5. The SMILES string of the molecule is CCCNC(=O)C1=CN(C)C=CC1.CCCOC(=O)c1ccc[n+](C)c1.CCCOC(=O)c1cccnc1.CI.O=C(O)c1cccnc1.O=S(=O)=S(=O)=O.OCCI.[I-].[Na][Na]. The number of aromatic nitrogens is 3. The molecule has 4 rings (SSSR count). The van der Waals surface area contributed by atoms with Gasteiger partial charge in [-0.3, -0.25) is 14.8 Å². The van der Waals surface area contributed by atoms with E-state index in [1.807, 2.05) is 80.0 Å². The molecule has 3 aromatic rings. The average Bonchev–Trinajstić information content (AvgIpc) is 3.29. The molecule has 3 N–H and O–H groups in total. The molecule has 1 amide bonds. The summed E-state index contributed by atoms with van der Waals surface area (Å²) in [5.41, 5.74) is 2.15. The van der Waals surface area contributed by atoms with Gasteiger partial charge in [0.05, 0.1) is 30.9 Å². The Morgan fingerprint density at radius 3 is 1.68 bits per heavy atom. The number of hydrogen-bond donors (Lipinski definition) is 3. The molecule has 0 aliphatic carbocycles. The van der Waals surface area contributed by atoms with Gasteiger partial charge in [0, 0.05) is 60.6 Å². The number of hydrogen-bond acceptors (Lipinski definition) is 14. The zero-order valence-electron chi connectivity index (χ0n) is 36.2. The van der Waals surface area contributed by atoms with Gasteiger partial charge in [-0.1, -0.05) is 72.0 Å². The van der Waals surface area contributed by atoms with Crippen molar-refractivity contribution in [3.63, 3.8) is 0 Å². The van der Waals surface area contributed by atoms with Crippen LogP contribution in [0, 0.1) is 0 Å². The normalized spacial score (nSPS) is 9.82. The van der Waals surface area contributed by atoms with Crippen molar-refractivity contribution in [3.05, 3.63) is 114 Å². The number of esters is 2. The Morgan fingerprint density at radius 1 is 0.855 bits per heavy atom. The van der Waals surface area contributed by atoms with Gasteiger partial charge in [-0.15, -0.1) is 0 Å². The summed E-state index contributed by atoms with van der Waals surface area (Å²) in [6.07, 6.45) is 18.8. The Balaban J connectivity index is -0.000000212. The molecule has 1 aliphatic rings. The quantitative estimate of drug-likeness (QED) is 0.0802. The zero-order valence-corrected chi connectivity index (χ0v) is 48.3. The number of aryl methyl sites for hydroxylation is 1. The first-order valence-corrected chi connectivity index (χ1v) is 33.0. The molecule has 0 saturated heterocycles. The van der Waals surface area contributed by atoms with Gasteiger partial charge in [0.2, 0.25) is 5.91 Å². The van der Waals surface area contributed by atoms with Crippen LogP contribution in [0.4, 0.5) is 0 Å². The molecule has 17 nitrogen and oxygen atoms in total. The maximum atomic E-state index is 11.5. The third-order valence-electron chi connectivity index (χ3n) is 5.92. The molecule has 0 saturated carbocycles. The molecular weight excluding hydrogens is 1210 g/mol. The van der Waals surface area contributed by atoms with Crippen molar-refractivity contribution >= 4 is 131 Å². The van der Waals surface area contributed by atoms with E-state index < -0.39 is 24.5 Å². The molecule has 3 aromatic heterocycles. The monoisotopic (exact) mass is 1260 g/mol. The van der Waals surface area contributed by atoms with Gasteiger partial charge in [-0.05, 0) is 67.1 Å². The van der Waals surface area contributed by atoms with Crippen molar-refractivity contribution in [2.75, 3.05) is 42.8 Å². The van der Waals surface area contributed by atoms with E-state index in [2.05, 4.69) is 60.5 Å². The van der Waals surface area contributed by atoms with E-state index in [0.717, 1.165) is 42.2 Å². The first-order valence-electron chi connectivity index (χ1n) is 18.6. The van der Waals surface area contributed by atoms with E-state index in [9.17, 15) is 19.2 Å². The third-order valence-corrected chi connectivity index (χ3v) is 7.29. The van der Waals surface area contributed by atoms with Crippen LogP contribution in [0.1, 0.15) is 77.5 Å². The number of pyridine rings is 3. The molecular formula is C38H54I3N5Na2O12S2. The van der Waals surface area contributed by atoms with E-state index in [0.29, 0.717) is 30.9 Å². The number of carboxylic acids is 1. The van der Waals surface area contributed by atoms with Crippen LogP contribution in [0.2, 0.25) is 0 Å². The number of alkyl halides is 2. The summed E-state index contributed by atoms with van der Waals surface area (Å²) < 4.78 is 48.9. The number of ether oxygens (including phenoxy) is 2. The summed E-state index contributed by atoms with van der Waals surface area (Å²) in [6, 6.07) is 10.0. The van der Waals surface area contributed by atoms with Crippen LogP contribution < -0.4 is 33.9 Å². The molecule has 1 aliphatic heterocycles. The Hall–Kier alpha value is -1.60. The topological polar surface area (TPSA) is 240 Å². The number of aliphatic hydroxyl groups excluding tert-OH is 1. The van der Waals surface area contributed by atoms with Crippen molar-refractivity contribution in [1.29, 1.82) is 0 Å². The fourth-order valence-electron chi connectivity index (χ4n) is 3.43. The number of rotatable bonds is 11. The van der Waals surface area contributed by atoms with Gasteiger partial charge < -0.3 is 53.9 Å². The predicted molar refractivity (Wildman–Crippen MR) is 252 cm³/mol. The van der Waals surface area contributed by atoms with Crippen LogP contribution >= 0.6 is 45.2 Å². The Labute approximate surface area is 440 Å². The Bertz CT molecular complexity index is 1910. The van der Waals surface area contributed by atoms with E-state index in [4.69, 9.17) is 36.5 Å². The number of nitrogens with zero attached hydrogens (tertiary/aromatic N) is 4. The predicted octanol–water partition coefficient (Wildman–Crippen LogP) is 1.12. The molecule has 0 atom stereocenters. The molecule has 0 spiro atoms. The van der Waals surface area contributed by atoms with E-state index in [-0.39, 0.29) is 47.4 Å². The van der Waals surface area contributed by atoms with Crippen LogP contribution in [0.3, 0.4) is 0 Å². The molecule has 0 fully saturated rings. The second kappa shape index (κ2) is 50.4. The molecule has 0 aromatic carbocycles. The second-order valence-corrected chi connectivity index (χ2v) is 14.3. The molecule has 0 bridgehead atoms. The van der Waals surface area contributed by atoms with Gasteiger partial charge >= 0.3 is 80.1 Å². The number of aromatic carboxylic acids is 1. The molecule has 4 heterocycles. The summed E-state index contributed by atoms with van der Waals surface area (Å²) in [5.74, 6) is -1.44. The fourth-order valence-corrected chi connectivity index (χ4v) is 3.43. The number of aliphatic hydroxyl groups is 1. The molecule has 62 heavy (non-hydrogen) atoms. The fraction of sp³-hybridized carbons (Fsp3) is 0.395. The van der Waals surface area contributed by atoms with Crippen molar-refractivity contribution < 1.29 is 84.2 Å². The van der Waals surface area contributed by atoms with Crippen LogP contribution in [0.15, 0.2) is 97.6 Å². The van der Waals surface area contributed by atoms with E-state index in [1.165, 1.54) is 68.3 Å². The molecule has 0 radical (unpaired) electrons. The number of amides is 1. The van der Waals surface area contributed by atoms with E-state index >= 15 is 0 Å². The minimum absolute atomic E-state index is 0. The molecule has 0 unspecified atom stereocenters. The Kier molecular flexibility index (Phi) is 56.4. The van der Waals surface area contributed by atoms with Gasteiger partial charge in [0.15, 0.2) is 12.4 Å². The van der Waals surface area contributed by atoms with Gasteiger partial charge in [-0.2, -0.15) is 16.8 Å².